The lowest BCUT2D eigenvalue weighted by atomic mass is 10.1. The molecule has 1 aromatic carbocycles. The number of hydrogen-bond donors (Lipinski definition) is 2. The van der Waals surface area contributed by atoms with Crippen LogP contribution >= 0.6 is 0 Å². The first-order chi connectivity index (χ1) is 9.88. The van der Waals surface area contributed by atoms with Crippen molar-refractivity contribution in [1.29, 1.82) is 0 Å². The Bertz CT molecular complexity index is 742. The highest BCUT2D eigenvalue weighted by molar-refractivity contribution is 5.99. The minimum atomic E-state index is 0.567. The maximum absolute atomic E-state index is 5.68. The van der Waals surface area contributed by atoms with Crippen molar-refractivity contribution in [1.82, 2.24) is 25.6 Å². The second kappa shape index (κ2) is 4.33. The third kappa shape index (κ3) is 1.68. The van der Waals surface area contributed by atoms with E-state index in [0.717, 1.165) is 22.2 Å². The van der Waals surface area contributed by atoms with E-state index >= 15 is 0 Å². The monoisotopic (exact) mass is 268 g/mol. The molecule has 2 heterocycles. The van der Waals surface area contributed by atoms with Crippen molar-refractivity contribution in [3.05, 3.63) is 23.9 Å². The number of benzene rings is 1. The lowest BCUT2D eigenvalue weighted by molar-refractivity contribution is 0.343. The fraction of sp³-hybridized carbons (Fsp3) is 0.357. The van der Waals surface area contributed by atoms with Gasteiger partial charge in [0.15, 0.2) is 5.82 Å². The zero-order valence-electron chi connectivity index (χ0n) is 11.1. The molecular weight excluding hydrogens is 254 g/mol. The molecule has 6 heteroatoms. The van der Waals surface area contributed by atoms with E-state index in [2.05, 4.69) is 31.7 Å². The Labute approximate surface area is 115 Å². The van der Waals surface area contributed by atoms with Crippen LogP contribution in [0.5, 0.6) is 5.75 Å². The number of nitrogens with zero attached hydrogens (tertiary/aromatic N) is 3. The first kappa shape index (κ1) is 11.5. The highest BCUT2D eigenvalue weighted by Gasteiger charge is 2.31. The van der Waals surface area contributed by atoms with E-state index in [1.54, 1.807) is 0 Å². The van der Waals surface area contributed by atoms with E-state index in [9.17, 15) is 0 Å². The number of H-pyrrole nitrogens is 2. The average Bonchev–Trinajstić information content (AvgIpc) is 3.01. The topological polar surface area (TPSA) is 79.5 Å². The number of ether oxygens (including phenoxy) is 1. The molecule has 6 nitrogen and oxygen atoms in total. The van der Waals surface area contributed by atoms with Crippen LogP contribution < -0.4 is 4.74 Å². The van der Waals surface area contributed by atoms with Crippen molar-refractivity contribution >= 4 is 10.9 Å². The molecule has 101 valence electrons. The van der Waals surface area contributed by atoms with Crippen molar-refractivity contribution in [2.24, 2.45) is 0 Å². The first-order valence-corrected chi connectivity index (χ1v) is 6.81. The molecule has 3 aromatic rings. The van der Waals surface area contributed by atoms with Crippen molar-refractivity contribution < 1.29 is 4.74 Å². The summed E-state index contributed by atoms with van der Waals surface area (Å²) in [6, 6.07) is 6.96. The summed E-state index contributed by atoms with van der Waals surface area (Å²) in [5, 5.41) is 15.4. The molecule has 0 bridgehead atoms. The maximum atomic E-state index is 5.68. The number of hydrogen-bond acceptors (Lipinski definition) is 4. The van der Waals surface area contributed by atoms with E-state index in [1.165, 1.54) is 18.5 Å². The third-order valence-electron chi connectivity index (χ3n) is 3.62. The fourth-order valence-corrected chi connectivity index (χ4v) is 2.61. The minimum absolute atomic E-state index is 0.567. The Balaban J connectivity index is 1.99. The summed E-state index contributed by atoms with van der Waals surface area (Å²) in [6.45, 7) is 2.61. The van der Waals surface area contributed by atoms with Gasteiger partial charge in [0.2, 0.25) is 0 Å². The maximum Gasteiger partial charge on any atom is 0.181 e. The molecule has 1 saturated carbocycles. The molecule has 1 aliphatic carbocycles. The SMILES string of the molecule is CCOc1c[c]cc2c(-c3nnn[nH]3)c(C3CC3)[nH]c12. The molecule has 2 N–H and O–H groups in total. The number of rotatable bonds is 4. The van der Waals surface area contributed by atoms with Gasteiger partial charge in [0, 0.05) is 16.6 Å². The lowest BCUT2D eigenvalue weighted by Gasteiger charge is -2.03. The molecule has 1 radical (unpaired) electrons. The number of nitrogens with one attached hydrogen (secondary N) is 2. The van der Waals surface area contributed by atoms with E-state index in [1.807, 2.05) is 19.1 Å². The van der Waals surface area contributed by atoms with E-state index in [4.69, 9.17) is 4.74 Å². The molecule has 0 amide bonds. The van der Waals surface area contributed by atoms with E-state index < -0.39 is 0 Å². The van der Waals surface area contributed by atoms with Crippen LogP contribution in [0.15, 0.2) is 12.1 Å². The van der Waals surface area contributed by atoms with Gasteiger partial charge >= 0.3 is 0 Å². The summed E-state index contributed by atoms with van der Waals surface area (Å²) < 4.78 is 5.68. The van der Waals surface area contributed by atoms with Gasteiger partial charge in [-0.1, -0.05) is 0 Å². The summed E-state index contributed by atoms with van der Waals surface area (Å²) >= 11 is 0. The normalized spacial score (nSPS) is 14.8. The van der Waals surface area contributed by atoms with Crippen LogP contribution in [0.4, 0.5) is 0 Å². The van der Waals surface area contributed by atoms with Gasteiger partial charge in [-0.3, -0.25) is 0 Å². The summed E-state index contributed by atoms with van der Waals surface area (Å²) in [6.07, 6.45) is 2.41. The van der Waals surface area contributed by atoms with Crippen molar-refractivity contribution in [2.75, 3.05) is 6.61 Å². The molecule has 0 atom stereocenters. The smallest absolute Gasteiger partial charge is 0.181 e. The van der Waals surface area contributed by atoms with Gasteiger partial charge in [-0.2, -0.15) is 0 Å². The molecule has 4 rings (SSSR count). The standard InChI is InChI=1S/C14H14N5O/c1-2-20-10-5-3-4-9-11(14-16-18-19-17-14)12(8-6-7-8)15-13(9)10/h4-5,8,15H,2,6-7H2,1H3,(H,16,17,18,19). The Morgan fingerprint density at radius 1 is 1.40 bits per heavy atom. The predicted molar refractivity (Wildman–Crippen MR) is 73.5 cm³/mol. The quantitative estimate of drug-likeness (QED) is 0.761. The summed E-state index contributed by atoms with van der Waals surface area (Å²) in [5.41, 5.74) is 3.24. The highest BCUT2D eigenvalue weighted by Crippen LogP contribution is 2.47. The average molecular weight is 268 g/mol. The van der Waals surface area contributed by atoms with Crippen molar-refractivity contribution in [3.63, 3.8) is 0 Å². The van der Waals surface area contributed by atoms with Crippen molar-refractivity contribution in [3.8, 4) is 17.1 Å². The van der Waals surface area contributed by atoms with Crippen LogP contribution in [-0.2, 0) is 0 Å². The fourth-order valence-electron chi connectivity index (χ4n) is 2.61. The number of fused-ring (bicyclic) bond motifs is 1. The largest absolute Gasteiger partial charge is 0.492 e. The third-order valence-corrected chi connectivity index (χ3v) is 3.62. The van der Waals surface area contributed by atoms with Crippen LogP contribution in [0.1, 0.15) is 31.4 Å². The Morgan fingerprint density at radius 3 is 3.00 bits per heavy atom. The molecular formula is C14H14N5O. The molecule has 1 aliphatic rings. The zero-order valence-corrected chi connectivity index (χ0v) is 11.1. The van der Waals surface area contributed by atoms with Crippen LogP contribution in [0.2, 0.25) is 0 Å². The van der Waals surface area contributed by atoms with Gasteiger partial charge in [0.05, 0.1) is 12.1 Å². The molecule has 0 spiro atoms. The van der Waals surface area contributed by atoms with Gasteiger partial charge in [-0.25, -0.2) is 5.10 Å². The molecule has 0 unspecified atom stereocenters. The molecule has 2 aromatic heterocycles. The Kier molecular flexibility index (Phi) is 2.48. The molecule has 1 fully saturated rings. The van der Waals surface area contributed by atoms with Gasteiger partial charge in [-0.15, -0.1) is 5.10 Å². The lowest BCUT2D eigenvalue weighted by Crippen LogP contribution is -1.91. The Morgan fingerprint density at radius 2 is 2.30 bits per heavy atom. The number of aromatic amines is 2. The summed E-state index contributed by atoms with van der Waals surface area (Å²) in [7, 11) is 0. The van der Waals surface area contributed by atoms with Gasteiger partial charge < -0.3 is 9.72 Å². The highest BCUT2D eigenvalue weighted by atomic mass is 16.5. The summed E-state index contributed by atoms with van der Waals surface area (Å²) in [5.74, 6) is 2.09. The Hall–Kier alpha value is -2.37. The zero-order chi connectivity index (χ0) is 13.5. The molecule has 0 saturated heterocycles. The predicted octanol–water partition coefficient (Wildman–Crippen LogP) is 2.42. The molecule has 20 heavy (non-hydrogen) atoms. The van der Waals surface area contributed by atoms with Crippen molar-refractivity contribution in [2.45, 2.75) is 25.7 Å². The molecule has 0 aliphatic heterocycles. The van der Waals surface area contributed by atoms with Gasteiger partial charge in [0.25, 0.3) is 0 Å². The first-order valence-electron chi connectivity index (χ1n) is 6.81. The number of tetrazole rings is 1. The van der Waals surface area contributed by atoms with E-state index in [0.29, 0.717) is 18.3 Å². The van der Waals surface area contributed by atoms with E-state index in [-0.39, 0.29) is 0 Å². The summed E-state index contributed by atoms with van der Waals surface area (Å²) in [4.78, 5) is 3.51. The van der Waals surface area contributed by atoms with Crippen LogP contribution in [0, 0.1) is 6.07 Å². The van der Waals surface area contributed by atoms with Crippen LogP contribution in [0.3, 0.4) is 0 Å². The second-order valence-corrected chi connectivity index (χ2v) is 4.98. The minimum Gasteiger partial charge on any atom is -0.492 e. The van der Waals surface area contributed by atoms with Gasteiger partial charge in [-0.05, 0) is 54.3 Å². The number of aromatic nitrogens is 5. The van der Waals surface area contributed by atoms with Crippen LogP contribution in [0.25, 0.3) is 22.3 Å². The van der Waals surface area contributed by atoms with Crippen LogP contribution in [-0.4, -0.2) is 32.2 Å². The van der Waals surface area contributed by atoms with Gasteiger partial charge in [0.1, 0.15) is 5.75 Å². The second-order valence-electron chi connectivity index (χ2n) is 4.98.